The molecule has 0 saturated carbocycles. The molecule has 1 heterocycles. The molecule has 1 aromatic carbocycles. The third kappa shape index (κ3) is 2.92. The van der Waals surface area contributed by atoms with Gasteiger partial charge in [0.2, 0.25) is 0 Å². The molecule has 0 unspecified atom stereocenters. The number of rotatable bonds is 4. The number of carbonyl (C=O) groups is 1. The average Bonchev–Trinajstić information content (AvgIpc) is 2.86. The van der Waals surface area contributed by atoms with E-state index in [-0.39, 0.29) is 17.8 Å². The summed E-state index contributed by atoms with van der Waals surface area (Å²) in [5.41, 5.74) is 2.08. The van der Waals surface area contributed by atoms with E-state index in [0.29, 0.717) is 0 Å². The molecule has 0 spiro atoms. The average molecular weight is 265 g/mol. The molecular weight excluding hydrogens is 253 g/mol. The normalized spacial score (nSPS) is 12.2. The van der Waals surface area contributed by atoms with E-state index in [1.54, 1.807) is 6.07 Å². The maximum Gasteiger partial charge on any atom is 0.287 e. The van der Waals surface area contributed by atoms with Crippen LogP contribution in [0.15, 0.2) is 30.5 Å². The lowest BCUT2D eigenvalue weighted by Crippen LogP contribution is -2.30. The van der Waals surface area contributed by atoms with Gasteiger partial charge in [-0.05, 0) is 6.07 Å². The molecule has 1 aromatic heterocycles. The highest BCUT2D eigenvalue weighted by atomic mass is 19.1. The van der Waals surface area contributed by atoms with Gasteiger partial charge in [-0.1, -0.05) is 23.4 Å². The highest BCUT2D eigenvalue weighted by Gasteiger charge is 2.15. The second-order valence-electron chi connectivity index (χ2n) is 3.84. The molecule has 0 fully saturated rings. The van der Waals surface area contributed by atoms with Gasteiger partial charge in [-0.15, -0.1) is 5.10 Å². The van der Waals surface area contributed by atoms with Gasteiger partial charge in [-0.2, -0.15) is 0 Å². The number of nitrogens with one attached hydrogen (secondary N) is 1. The van der Waals surface area contributed by atoms with Crippen LogP contribution >= 0.6 is 0 Å². The summed E-state index contributed by atoms with van der Waals surface area (Å²) in [6.07, 6.45) is 0.225. The molecule has 0 radical (unpaired) electrons. The number of nitrogens with two attached hydrogens (primary N) is 1. The van der Waals surface area contributed by atoms with Crippen LogP contribution in [-0.4, -0.2) is 26.0 Å². The second-order valence-corrected chi connectivity index (χ2v) is 3.84. The fraction of sp³-hybridized carbons (Fsp3) is 0.182. The number of halogens is 1. The molecule has 0 saturated heterocycles. The minimum atomic E-state index is -1.09. The van der Waals surface area contributed by atoms with E-state index in [1.165, 1.54) is 29.1 Å². The monoisotopic (exact) mass is 265 g/mol. The molecular formula is C11H12FN5O2. The van der Waals surface area contributed by atoms with Crippen LogP contribution in [0.25, 0.3) is 0 Å². The number of aliphatic hydroxyl groups excluding tert-OH is 1. The predicted octanol–water partition coefficient (Wildman–Crippen LogP) is -0.246. The van der Waals surface area contributed by atoms with Gasteiger partial charge < -0.3 is 5.11 Å². The lowest BCUT2D eigenvalue weighted by molar-refractivity contribution is 0.0948. The molecule has 0 bridgehead atoms. The van der Waals surface area contributed by atoms with Crippen LogP contribution in [0.2, 0.25) is 0 Å². The standard InChI is InChI=1S/C11H12FN5O2/c12-8-4-2-1-3-7(8)10(18)6-17-5-9(15-16-17)11(19)14-13/h1-5,10,18H,6,13H2,(H,14,19)/t10-/m1/s1. The Morgan fingerprint density at radius 2 is 2.26 bits per heavy atom. The van der Waals surface area contributed by atoms with Crippen LogP contribution in [0.3, 0.4) is 0 Å². The number of carbonyl (C=O) groups excluding carboxylic acids is 1. The first-order valence-electron chi connectivity index (χ1n) is 5.45. The van der Waals surface area contributed by atoms with Crippen LogP contribution in [-0.2, 0) is 6.54 Å². The van der Waals surface area contributed by atoms with Gasteiger partial charge >= 0.3 is 0 Å². The Morgan fingerprint density at radius 1 is 1.53 bits per heavy atom. The van der Waals surface area contributed by atoms with Gasteiger partial charge in [0, 0.05) is 5.56 Å². The Bertz CT molecular complexity index is 586. The smallest absolute Gasteiger partial charge is 0.287 e. The number of aromatic nitrogens is 3. The maximum absolute atomic E-state index is 13.4. The third-order valence-corrected chi connectivity index (χ3v) is 2.53. The van der Waals surface area contributed by atoms with E-state index in [1.807, 2.05) is 5.43 Å². The van der Waals surface area contributed by atoms with E-state index in [2.05, 4.69) is 10.3 Å². The van der Waals surface area contributed by atoms with Crippen LogP contribution < -0.4 is 11.3 Å². The molecule has 19 heavy (non-hydrogen) atoms. The molecule has 0 aliphatic carbocycles. The lowest BCUT2D eigenvalue weighted by atomic mass is 10.1. The van der Waals surface area contributed by atoms with Gasteiger partial charge in [-0.25, -0.2) is 14.9 Å². The van der Waals surface area contributed by atoms with Crippen molar-refractivity contribution < 1.29 is 14.3 Å². The Labute approximate surface area is 107 Å². The molecule has 1 amide bonds. The topological polar surface area (TPSA) is 106 Å². The minimum Gasteiger partial charge on any atom is -0.386 e. The number of nitrogen functional groups attached to an aromatic ring is 1. The van der Waals surface area contributed by atoms with Crippen LogP contribution in [0.5, 0.6) is 0 Å². The molecule has 1 atom stereocenters. The molecule has 2 aromatic rings. The highest BCUT2D eigenvalue weighted by molar-refractivity contribution is 5.91. The van der Waals surface area contributed by atoms with Crippen molar-refractivity contribution in [2.45, 2.75) is 12.6 Å². The molecule has 4 N–H and O–H groups in total. The number of aliphatic hydroxyl groups is 1. The van der Waals surface area contributed by atoms with Crippen molar-refractivity contribution in [2.24, 2.45) is 5.84 Å². The Morgan fingerprint density at radius 3 is 2.95 bits per heavy atom. The Hall–Kier alpha value is -2.32. The van der Waals surface area contributed by atoms with E-state index in [4.69, 9.17) is 5.84 Å². The van der Waals surface area contributed by atoms with E-state index in [0.717, 1.165) is 0 Å². The summed E-state index contributed by atoms with van der Waals surface area (Å²) >= 11 is 0. The van der Waals surface area contributed by atoms with E-state index >= 15 is 0 Å². The fourth-order valence-corrected chi connectivity index (χ4v) is 1.59. The molecule has 8 heteroatoms. The number of hydrazine groups is 1. The van der Waals surface area contributed by atoms with Crippen molar-refractivity contribution in [2.75, 3.05) is 0 Å². The van der Waals surface area contributed by atoms with Gasteiger partial charge in [0.25, 0.3) is 5.91 Å². The first-order chi connectivity index (χ1) is 9.11. The fourth-order valence-electron chi connectivity index (χ4n) is 1.59. The number of nitrogens with zero attached hydrogens (tertiary/aromatic N) is 3. The lowest BCUT2D eigenvalue weighted by Gasteiger charge is -2.11. The van der Waals surface area contributed by atoms with E-state index < -0.39 is 17.8 Å². The molecule has 100 valence electrons. The zero-order valence-corrected chi connectivity index (χ0v) is 9.82. The van der Waals surface area contributed by atoms with Gasteiger partial charge in [0.05, 0.1) is 12.7 Å². The quantitative estimate of drug-likeness (QED) is 0.401. The van der Waals surface area contributed by atoms with Crippen LogP contribution in [0, 0.1) is 5.82 Å². The third-order valence-electron chi connectivity index (χ3n) is 2.53. The summed E-state index contributed by atoms with van der Waals surface area (Å²) in [6, 6.07) is 5.89. The SMILES string of the molecule is NNC(=O)c1cn(C[C@@H](O)c2ccccc2F)nn1. The van der Waals surface area contributed by atoms with Gasteiger partial charge in [-0.3, -0.25) is 10.2 Å². The first-order valence-corrected chi connectivity index (χ1v) is 5.45. The molecule has 7 nitrogen and oxygen atoms in total. The van der Waals surface area contributed by atoms with Gasteiger partial charge in [0.1, 0.15) is 11.9 Å². The number of hydrogen-bond acceptors (Lipinski definition) is 5. The summed E-state index contributed by atoms with van der Waals surface area (Å²) in [5.74, 6) is 3.85. The van der Waals surface area contributed by atoms with Crippen molar-refractivity contribution in [3.63, 3.8) is 0 Å². The van der Waals surface area contributed by atoms with Crippen molar-refractivity contribution >= 4 is 5.91 Å². The zero-order chi connectivity index (χ0) is 13.8. The van der Waals surface area contributed by atoms with Crippen molar-refractivity contribution in [3.05, 3.63) is 47.5 Å². The van der Waals surface area contributed by atoms with Crippen molar-refractivity contribution in [1.82, 2.24) is 20.4 Å². The molecule has 2 rings (SSSR count). The largest absolute Gasteiger partial charge is 0.386 e. The highest BCUT2D eigenvalue weighted by Crippen LogP contribution is 2.17. The summed E-state index contributed by atoms with van der Waals surface area (Å²) < 4.78 is 14.7. The predicted molar refractivity (Wildman–Crippen MR) is 63.0 cm³/mol. The minimum absolute atomic E-state index is 0.0169. The Balaban J connectivity index is 2.11. The number of hydrogen-bond donors (Lipinski definition) is 3. The van der Waals surface area contributed by atoms with Crippen molar-refractivity contribution in [3.8, 4) is 0 Å². The second kappa shape index (κ2) is 5.55. The summed E-state index contributed by atoms with van der Waals surface area (Å²) in [7, 11) is 0. The molecule has 0 aliphatic heterocycles. The summed E-state index contributed by atoms with van der Waals surface area (Å²) in [4.78, 5) is 11.2. The molecule has 0 aliphatic rings. The first kappa shape index (κ1) is 13.1. The van der Waals surface area contributed by atoms with Crippen LogP contribution in [0.4, 0.5) is 4.39 Å². The number of benzene rings is 1. The summed E-state index contributed by atoms with van der Waals surface area (Å²) in [6.45, 7) is -0.0220. The maximum atomic E-state index is 13.4. The number of amides is 1. The Kier molecular flexibility index (Phi) is 3.83. The summed E-state index contributed by atoms with van der Waals surface area (Å²) in [5, 5.41) is 17.1. The zero-order valence-electron chi connectivity index (χ0n) is 9.82. The van der Waals surface area contributed by atoms with E-state index in [9.17, 15) is 14.3 Å². The van der Waals surface area contributed by atoms with Crippen LogP contribution in [0.1, 0.15) is 22.2 Å². The van der Waals surface area contributed by atoms with Crippen molar-refractivity contribution in [1.29, 1.82) is 0 Å². The van der Waals surface area contributed by atoms with Gasteiger partial charge in [0.15, 0.2) is 5.69 Å².